The summed E-state index contributed by atoms with van der Waals surface area (Å²) in [4.78, 5) is 10.8. The summed E-state index contributed by atoms with van der Waals surface area (Å²) in [6, 6.07) is 0. The fraction of sp³-hybridized carbons (Fsp3) is 0.833. The predicted molar refractivity (Wildman–Crippen MR) is 46.8 cm³/mol. The SMILES string of the molecule is C[C@@]1(C(=O)O)CCCN1S(=O)(=O)Cl. The van der Waals surface area contributed by atoms with E-state index in [0.29, 0.717) is 12.8 Å². The molecule has 1 heterocycles. The average Bonchev–Trinajstić information content (AvgIpc) is 2.31. The molecule has 0 aromatic carbocycles. The third-order valence-corrected chi connectivity index (χ3v) is 3.91. The lowest BCUT2D eigenvalue weighted by Crippen LogP contribution is -2.49. The lowest BCUT2D eigenvalue weighted by atomic mass is 10.0. The molecule has 5 nitrogen and oxygen atoms in total. The third-order valence-electron chi connectivity index (χ3n) is 2.30. The first kappa shape index (κ1) is 10.7. The first-order chi connectivity index (χ1) is 5.78. The van der Waals surface area contributed by atoms with Crippen molar-refractivity contribution >= 4 is 25.9 Å². The van der Waals surface area contributed by atoms with Crippen LogP contribution in [0.1, 0.15) is 19.8 Å². The van der Waals surface area contributed by atoms with Gasteiger partial charge in [-0.25, -0.2) is 0 Å². The van der Waals surface area contributed by atoms with Crippen molar-refractivity contribution in [2.75, 3.05) is 6.54 Å². The van der Waals surface area contributed by atoms with E-state index in [1.54, 1.807) is 0 Å². The second-order valence-corrected chi connectivity index (χ2v) is 5.63. The minimum atomic E-state index is -3.93. The molecule has 1 aliphatic rings. The molecule has 0 amide bonds. The Hall–Kier alpha value is -0.330. The number of rotatable bonds is 2. The Balaban J connectivity index is 3.07. The summed E-state index contributed by atoms with van der Waals surface area (Å²) >= 11 is 0. The summed E-state index contributed by atoms with van der Waals surface area (Å²) in [6.07, 6.45) is 0.822. The van der Waals surface area contributed by atoms with Crippen LogP contribution in [-0.4, -0.2) is 35.9 Å². The lowest BCUT2D eigenvalue weighted by molar-refractivity contribution is -0.146. The second-order valence-electron chi connectivity index (χ2n) is 3.20. The van der Waals surface area contributed by atoms with Crippen LogP contribution >= 0.6 is 10.7 Å². The van der Waals surface area contributed by atoms with E-state index >= 15 is 0 Å². The number of hydrogen-bond acceptors (Lipinski definition) is 3. The van der Waals surface area contributed by atoms with Crippen LogP contribution in [0.2, 0.25) is 0 Å². The zero-order valence-corrected chi connectivity index (χ0v) is 8.60. The van der Waals surface area contributed by atoms with Gasteiger partial charge in [0.05, 0.1) is 0 Å². The first-order valence-corrected chi connectivity index (χ1v) is 6.01. The molecule has 1 atom stereocenters. The van der Waals surface area contributed by atoms with Crippen molar-refractivity contribution in [2.45, 2.75) is 25.3 Å². The molecule has 1 fully saturated rings. The van der Waals surface area contributed by atoms with Crippen LogP contribution in [0.25, 0.3) is 0 Å². The van der Waals surface area contributed by atoms with Crippen LogP contribution in [0.3, 0.4) is 0 Å². The molecule has 0 bridgehead atoms. The molecule has 0 radical (unpaired) electrons. The minimum absolute atomic E-state index is 0.175. The topological polar surface area (TPSA) is 74.7 Å². The van der Waals surface area contributed by atoms with Gasteiger partial charge in [0.1, 0.15) is 5.54 Å². The predicted octanol–water partition coefficient (Wildman–Crippen LogP) is 0.409. The fourth-order valence-electron chi connectivity index (χ4n) is 1.50. The zero-order valence-electron chi connectivity index (χ0n) is 7.03. The van der Waals surface area contributed by atoms with E-state index < -0.39 is 20.7 Å². The normalized spacial score (nSPS) is 30.6. The molecule has 13 heavy (non-hydrogen) atoms. The van der Waals surface area contributed by atoms with Crippen LogP contribution in [0, 0.1) is 0 Å². The number of nitrogens with zero attached hydrogens (tertiary/aromatic N) is 1. The summed E-state index contributed by atoms with van der Waals surface area (Å²) in [7, 11) is 1.17. The van der Waals surface area contributed by atoms with Gasteiger partial charge in [0.2, 0.25) is 0 Å². The van der Waals surface area contributed by atoms with Crippen LogP contribution in [0.5, 0.6) is 0 Å². The molecule has 1 saturated heterocycles. The Morgan fingerprint density at radius 3 is 2.46 bits per heavy atom. The number of halogens is 1. The van der Waals surface area contributed by atoms with Gasteiger partial charge in [0.25, 0.3) is 0 Å². The number of aliphatic carboxylic acids is 1. The van der Waals surface area contributed by atoms with Crippen molar-refractivity contribution < 1.29 is 18.3 Å². The summed E-state index contributed by atoms with van der Waals surface area (Å²) < 4.78 is 22.8. The molecule has 7 heteroatoms. The van der Waals surface area contributed by atoms with Gasteiger partial charge in [-0.05, 0) is 19.8 Å². The fourth-order valence-corrected chi connectivity index (χ4v) is 3.16. The van der Waals surface area contributed by atoms with Crippen molar-refractivity contribution in [1.82, 2.24) is 4.31 Å². The maximum Gasteiger partial charge on any atom is 0.324 e. The van der Waals surface area contributed by atoms with Gasteiger partial charge >= 0.3 is 15.2 Å². The molecule has 76 valence electrons. The molecule has 0 spiro atoms. The molecule has 0 unspecified atom stereocenters. The second kappa shape index (κ2) is 3.11. The third kappa shape index (κ3) is 1.79. The Morgan fingerprint density at radius 2 is 2.15 bits per heavy atom. The van der Waals surface area contributed by atoms with Crippen LogP contribution < -0.4 is 0 Å². The first-order valence-electron chi connectivity index (χ1n) is 3.74. The van der Waals surface area contributed by atoms with Gasteiger partial charge in [-0.1, -0.05) is 0 Å². The Bertz CT molecular complexity index is 328. The molecular formula is C6H10ClNO4S. The van der Waals surface area contributed by atoms with E-state index in [2.05, 4.69) is 0 Å². The molecule has 0 aromatic heterocycles. The van der Waals surface area contributed by atoms with Crippen molar-refractivity contribution in [2.24, 2.45) is 0 Å². The van der Waals surface area contributed by atoms with Crippen molar-refractivity contribution in [3.8, 4) is 0 Å². The van der Waals surface area contributed by atoms with E-state index in [1.165, 1.54) is 6.92 Å². The maximum atomic E-state index is 11.0. The molecule has 1 N–H and O–H groups in total. The van der Waals surface area contributed by atoms with E-state index in [-0.39, 0.29) is 6.54 Å². The molecule has 1 rings (SSSR count). The molecule has 0 aromatic rings. The molecule has 1 aliphatic heterocycles. The number of carboxylic acid groups (broad SMARTS) is 1. The highest BCUT2D eigenvalue weighted by atomic mass is 35.7. The maximum absolute atomic E-state index is 11.0. The van der Waals surface area contributed by atoms with E-state index in [1.807, 2.05) is 0 Å². The minimum Gasteiger partial charge on any atom is -0.480 e. The smallest absolute Gasteiger partial charge is 0.324 e. The number of hydrogen-bond donors (Lipinski definition) is 1. The summed E-state index contributed by atoms with van der Waals surface area (Å²) in [5.74, 6) is -1.16. The highest BCUT2D eigenvalue weighted by Gasteiger charge is 2.48. The van der Waals surface area contributed by atoms with Gasteiger partial charge in [-0.3, -0.25) is 4.79 Å². The molecular weight excluding hydrogens is 218 g/mol. The van der Waals surface area contributed by atoms with Gasteiger partial charge in [-0.15, -0.1) is 0 Å². The van der Waals surface area contributed by atoms with Gasteiger partial charge in [0.15, 0.2) is 0 Å². The van der Waals surface area contributed by atoms with E-state index in [4.69, 9.17) is 15.8 Å². The highest BCUT2D eigenvalue weighted by Crippen LogP contribution is 2.33. The highest BCUT2D eigenvalue weighted by molar-refractivity contribution is 8.11. The van der Waals surface area contributed by atoms with Crippen LogP contribution in [0.15, 0.2) is 0 Å². The molecule has 0 saturated carbocycles. The van der Waals surface area contributed by atoms with Crippen LogP contribution in [-0.2, 0) is 14.0 Å². The van der Waals surface area contributed by atoms with Crippen molar-refractivity contribution in [1.29, 1.82) is 0 Å². The van der Waals surface area contributed by atoms with Gasteiger partial charge < -0.3 is 5.11 Å². The zero-order chi connectivity index (χ0) is 10.3. The van der Waals surface area contributed by atoms with Gasteiger partial charge in [-0.2, -0.15) is 12.7 Å². The largest absolute Gasteiger partial charge is 0.480 e. The van der Waals surface area contributed by atoms with E-state index in [9.17, 15) is 13.2 Å². The number of carboxylic acids is 1. The Kier molecular flexibility index (Phi) is 2.57. The summed E-state index contributed by atoms with van der Waals surface area (Å²) in [5, 5.41) is 8.84. The summed E-state index contributed by atoms with van der Waals surface area (Å²) in [5.41, 5.74) is -1.37. The standard InChI is InChI=1S/C6H10ClNO4S/c1-6(5(9)10)3-2-4-8(6)13(7,11)12/h2-4H2,1H3,(H,9,10)/t6-/m0/s1. The van der Waals surface area contributed by atoms with Crippen molar-refractivity contribution in [3.63, 3.8) is 0 Å². The quantitative estimate of drug-likeness (QED) is 0.694. The number of carbonyl (C=O) groups is 1. The average molecular weight is 228 g/mol. The lowest BCUT2D eigenvalue weighted by Gasteiger charge is -2.27. The Labute approximate surface area is 80.8 Å². The van der Waals surface area contributed by atoms with E-state index in [0.717, 1.165) is 4.31 Å². The molecule has 0 aliphatic carbocycles. The monoisotopic (exact) mass is 227 g/mol. The van der Waals surface area contributed by atoms with Gasteiger partial charge in [0, 0.05) is 17.2 Å². The summed E-state index contributed by atoms with van der Waals surface area (Å²) in [6.45, 7) is 1.54. The van der Waals surface area contributed by atoms with Crippen LogP contribution in [0.4, 0.5) is 0 Å². The Morgan fingerprint density at radius 1 is 1.62 bits per heavy atom. The van der Waals surface area contributed by atoms with Crippen molar-refractivity contribution in [3.05, 3.63) is 0 Å².